The Kier molecular flexibility index (Phi) is 9.35. The fourth-order valence-corrected chi connectivity index (χ4v) is 10.0. The summed E-state index contributed by atoms with van der Waals surface area (Å²) >= 11 is 1.04. The van der Waals surface area contributed by atoms with E-state index in [9.17, 15) is 14.4 Å². The predicted octanol–water partition coefficient (Wildman–Crippen LogP) is 7.73. The number of nitriles is 1. The van der Waals surface area contributed by atoms with Crippen molar-refractivity contribution in [1.29, 1.82) is 5.26 Å². The molecule has 55 heavy (non-hydrogen) atoms. The molecule has 11 nitrogen and oxygen atoms in total. The van der Waals surface area contributed by atoms with Gasteiger partial charge in [-0.3, -0.25) is 9.80 Å². The molecule has 2 bridgehead atoms. The van der Waals surface area contributed by atoms with Crippen molar-refractivity contribution in [2.75, 3.05) is 51.8 Å². The molecule has 4 aliphatic heterocycles. The Hall–Kier alpha value is -4.68. The van der Waals surface area contributed by atoms with Gasteiger partial charge in [-0.05, 0) is 83.2 Å². The second kappa shape index (κ2) is 13.8. The van der Waals surface area contributed by atoms with Crippen LogP contribution in [0.2, 0.25) is 0 Å². The van der Waals surface area contributed by atoms with E-state index in [0.717, 1.165) is 43.6 Å². The van der Waals surface area contributed by atoms with Crippen molar-refractivity contribution in [3.63, 3.8) is 0 Å². The van der Waals surface area contributed by atoms with Crippen molar-refractivity contribution < 1.29 is 27.4 Å². The summed E-state index contributed by atoms with van der Waals surface area (Å²) in [7, 11) is 3.58. The summed E-state index contributed by atoms with van der Waals surface area (Å²) in [6, 6.07) is 6.49. The first-order valence-electron chi connectivity index (χ1n) is 18.8. The fourth-order valence-electron chi connectivity index (χ4n) is 9.02. The van der Waals surface area contributed by atoms with Crippen LogP contribution < -0.4 is 9.64 Å². The Morgan fingerprint density at radius 2 is 1.93 bits per heavy atom. The maximum Gasteiger partial charge on any atom is 0.410 e. The summed E-state index contributed by atoms with van der Waals surface area (Å²) in [5.74, 6) is -0.721. The third kappa shape index (κ3) is 6.60. The van der Waals surface area contributed by atoms with Crippen LogP contribution in [-0.2, 0) is 4.74 Å². The Bertz CT molecular complexity index is 2250. The first-order valence-corrected chi connectivity index (χ1v) is 19.6. The summed E-state index contributed by atoms with van der Waals surface area (Å²) in [5, 5.41) is 11.4. The first kappa shape index (κ1) is 37.3. The van der Waals surface area contributed by atoms with E-state index >= 15 is 8.78 Å². The Morgan fingerprint density at radius 3 is 2.62 bits per heavy atom. The van der Waals surface area contributed by atoms with Crippen LogP contribution in [0.4, 0.5) is 28.8 Å². The number of rotatable bonds is 7. The van der Waals surface area contributed by atoms with Gasteiger partial charge in [-0.2, -0.15) is 15.2 Å². The van der Waals surface area contributed by atoms with Crippen LogP contribution in [0, 0.1) is 29.9 Å². The van der Waals surface area contributed by atoms with Gasteiger partial charge in [0, 0.05) is 56.5 Å². The average molecular weight is 775 g/mol. The topological polar surface area (TPSA) is 110 Å². The third-order valence-corrected chi connectivity index (χ3v) is 12.4. The number of benzene rings is 2. The van der Waals surface area contributed by atoms with Gasteiger partial charge in [0.25, 0.3) is 0 Å². The van der Waals surface area contributed by atoms with Crippen molar-refractivity contribution in [2.45, 2.75) is 89.2 Å². The molecule has 15 heteroatoms. The van der Waals surface area contributed by atoms with Gasteiger partial charge in [0.2, 0.25) is 0 Å². The molecule has 0 spiro atoms. The maximum absolute atomic E-state index is 17.5. The van der Waals surface area contributed by atoms with Gasteiger partial charge in [-0.1, -0.05) is 6.07 Å². The summed E-state index contributed by atoms with van der Waals surface area (Å²) < 4.78 is 59.8. The highest BCUT2D eigenvalue weighted by atomic mass is 32.1. The van der Waals surface area contributed by atoms with Crippen LogP contribution in [0.25, 0.3) is 32.1 Å². The largest absolute Gasteiger partial charge is 0.461 e. The lowest BCUT2D eigenvalue weighted by Gasteiger charge is -2.42. The van der Waals surface area contributed by atoms with Gasteiger partial charge in [0.1, 0.15) is 46.6 Å². The van der Waals surface area contributed by atoms with Crippen LogP contribution in [0.1, 0.15) is 64.0 Å². The molecule has 2 aromatic heterocycles. The van der Waals surface area contributed by atoms with E-state index in [1.54, 1.807) is 25.9 Å². The van der Waals surface area contributed by atoms with E-state index in [1.807, 2.05) is 31.7 Å². The van der Waals surface area contributed by atoms with E-state index < -0.39 is 28.9 Å². The SMILES string of the molecule is Cc1cc2c(N3CC4CCC(C3)N4C(=O)OC(C)(C)C)nc(OC[C@@]34CCCN3C[C@H](F)C4)nc2c(F)c1-c1ccc(F)c2sc(/N=C/N(C)C)c(C#N)c12. The van der Waals surface area contributed by atoms with Gasteiger partial charge in [-0.25, -0.2) is 23.0 Å². The van der Waals surface area contributed by atoms with Gasteiger partial charge in [0.15, 0.2) is 5.82 Å². The van der Waals surface area contributed by atoms with Gasteiger partial charge < -0.3 is 19.3 Å². The number of hydrogen-bond acceptors (Lipinski definition) is 10. The van der Waals surface area contributed by atoms with Crippen molar-refractivity contribution in [3.05, 3.63) is 41.0 Å². The lowest BCUT2D eigenvalue weighted by atomic mass is 9.93. The number of carbonyl (C=O) groups excluding carboxylic acids is 1. The van der Waals surface area contributed by atoms with Crippen molar-refractivity contribution in [2.24, 2.45) is 4.99 Å². The number of piperazine rings is 1. The van der Waals surface area contributed by atoms with Crippen molar-refractivity contribution >= 4 is 55.6 Å². The molecule has 6 heterocycles. The molecule has 8 rings (SSSR count). The lowest BCUT2D eigenvalue weighted by Crippen LogP contribution is -2.57. The second-order valence-electron chi connectivity index (χ2n) is 16.6. The quantitative estimate of drug-likeness (QED) is 0.138. The van der Waals surface area contributed by atoms with Gasteiger partial charge in [0.05, 0.1) is 34.2 Å². The third-order valence-electron chi connectivity index (χ3n) is 11.3. The highest BCUT2D eigenvalue weighted by Crippen LogP contribution is 2.47. The second-order valence-corrected chi connectivity index (χ2v) is 17.6. The summed E-state index contributed by atoms with van der Waals surface area (Å²) in [6.45, 7) is 9.51. The van der Waals surface area contributed by atoms with Crippen molar-refractivity contribution in [1.82, 2.24) is 24.7 Å². The van der Waals surface area contributed by atoms with Gasteiger partial charge in [-0.15, -0.1) is 11.3 Å². The van der Waals surface area contributed by atoms with Crippen LogP contribution in [-0.4, -0.2) is 113 Å². The molecule has 4 saturated heterocycles. The van der Waals surface area contributed by atoms with Crippen LogP contribution in [0.5, 0.6) is 6.01 Å². The standard InChI is InChI=1S/C40H45F3N8O3S/c1-22-14-27-33(32(43)30(22)26-10-11-29(42)34-31(26)28(16-44)36(55-34)45-21-48(5)6)46-37(53-20-40-12-7-13-50(40)17-23(41)15-40)47-35(27)49-18-24-8-9-25(19-49)51(24)38(52)54-39(2,3)4/h10-11,14,21,23-25H,7-9,12-13,15,17-20H2,1-6H3/b45-21+/t23-,24?,25?,40+/m1/s1. The average Bonchev–Trinajstić information content (AvgIpc) is 3.84. The molecular weight excluding hydrogens is 730 g/mol. The number of aryl methyl sites for hydroxylation is 1. The number of aromatic nitrogens is 2. The minimum atomic E-state index is -0.950. The summed E-state index contributed by atoms with van der Waals surface area (Å²) in [6.07, 6.45) is 3.88. The normalized spacial score (nSPS) is 24.0. The predicted molar refractivity (Wildman–Crippen MR) is 207 cm³/mol. The number of halogens is 3. The molecule has 2 unspecified atom stereocenters. The zero-order valence-corrected chi connectivity index (χ0v) is 32.8. The minimum absolute atomic E-state index is 0.00940. The van der Waals surface area contributed by atoms with E-state index in [4.69, 9.17) is 14.5 Å². The number of fused-ring (bicyclic) bond motifs is 5. The monoisotopic (exact) mass is 774 g/mol. The number of alkyl halides is 1. The van der Waals surface area contributed by atoms with E-state index in [0.29, 0.717) is 53.4 Å². The number of nitrogens with zero attached hydrogens (tertiary/aromatic N) is 8. The molecule has 4 aliphatic rings. The Balaban J connectivity index is 1.25. The van der Waals surface area contributed by atoms with Crippen LogP contribution in [0.3, 0.4) is 0 Å². The number of hydrogen-bond donors (Lipinski definition) is 0. The molecule has 4 atom stereocenters. The smallest absolute Gasteiger partial charge is 0.410 e. The number of ether oxygens (including phenoxy) is 2. The number of aliphatic imine (C=N–C) groups is 1. The molecule has 0 aliphatic carbocycles. The van der Waals surface area contributed by atoms with E-state index in [-0.39, 0.29) is 57.5 Å². The zero-order valence-electron chi connectivity index (χ0n) is 32.0. The Labute approximate surface area is 322 Å². The van der Waals surface area contributed by atoms with Crippen molar-refractivity contribution in [3.8, 4) is 23.2 Å². The molecule has 1 amide bonds. The van der Waals surface area contributed by atoms with E-state index in [2.05, 4.69) is 25.8 Å². The molecule has 290 valence electrons. The lowest BCUT2D eigenvalue weighted by molar-refractivity contribution is 0.0122. The van der Waals surface area contributed by atoms with Gasteiger partial charge >= 0.3 is 12.1 Å². The number of carbonyl (C=O) groups is 1. The first-order chi connectivity index (χ1) is 26.2. The fraction of sp³-hybridized carbons (Fsp3) is 0.525. The zero-order chi connectivity index (χ0) is 39.0. The van der Waals surface area contributed by atoms with Crippen LogP contribution >= 0.6 is 11.3 Å². The summed E-state index contributed by atoms with van der Waals surface area (Å²) in [4.78, 5) is 35.1. The molecule has 4 aromatic rings. The minimum Gasteiger partial charge on any atom is -0.461 e. The number of amides is 1. The molecule has 2 aromatic carbocycles. The van der Waals surface area contributed by atoms with E-state index in [1.165, 1.54) is 18.5 Å². The maximum atomic E-state index is 17.5. The number of anilines is 1. The highest BCUT2D eigenvalue weighted by Gasteiger charge is 2.50. The van der Waals surface area contributed by atoms with Crippen LogP contribution in [0.15, 0.2) is 23.2 Å². The Morgan fingerprint density at radius 1 is 1.18 bits per heavy atom. The summed E-state index contributed by atoms with van der Waals surface area (Å²) in [5.41, 5.74) is 0.110. The number of thiophene rings is 1. The highest BCUT2D eigenvalue weighted by molar-refractivity contribution is 7.23. The molecular formula is C40H45F3N8O3S. The molecule has 4 fully saturated rings. The molecule has 0 saturated carbocycles. The molecule has 0 radical (unpaired) electrons. The molecule has 0 N–H and O–H groups in total.